The molecule has 6 heteroatoms. The molecule has 6 nitrogen and oxygen atoms in total. The minimum absolute atomic E-state index is 0.0286. The second-order valence-electron chi connectivity index (χ2n) is 4.65. The van der Waals surface area contributed by atoms with Crippen molar-refractivity contribution < 1.29 is 14.3 Å². The van der Waals surface area contributed by atoms with Gasteiger partial charge in [-0.25, -0.2) is 9.78 Å². The Balaban J connectivity index is 2.42. The van der Waals surface area contributed by atoms with E-state index in [1.807, 2.05) is 20.8 Å². The van der Waals surface area contributed by atoms with Gasteiger partial charge in [-0.1, -0.05) is 13.8 Å². The molecule has 0 aliphatic carbocycles. The predicted octanol–water partition coefficient (Wildman–Crippen LogP) is 0.981. The van der Waals surface area contributed by atoms with E-state index in [-0.39, 0.29) is 24.2 Å². The highest BCUT2D eigenvalue weighted by Gasteiger charge is 2.14. The van der Waals surface area contributed by atoms with Crippen molar-refractivity contribution in [2.45, 2.75) is 26.8 Å². The van der Waals surface area contributed by atoms with Crippen molar-refractivity contribution in [3.05, 3.63) is 24.0 Å². The van der Waals surface area contributed by atoms with E-state index in [2.05, 4.69) is 10.3 Å². The van der Waals surface area contributed by atoms with Crippen LogP contribution in [0.3, 0.4) is 0 Å². The van der Waals surface area contributed by atoms with Gasteiger partial charge in [-0.3, -0.25) is 4.79 Å². The molecule has 0 spiro atoms. The smallest absolute Gasteiger partial charge is 0.357 e. The molecular weight excluding hydrogens is 246 g/mol. The number of nitrogens with zero attached hydrogens (tertiary/aromatic N) is 1. The van der Waals surface area contributed by atoms with Crippen LogP contribution in [-0.4, -0.2) is 29.5 Å². The molecule has 0 aliphatic rings. The molecule has 3 N–H and O–H groups in total. The Morgan fingerprint density at radius 1 is 1.37 bits per heavy atom. The lowest BCUT2D eigenvalue weighted by atomic mass is 10.1. The number of carbonyl (C=O) groups is 2. The number of esters is 1. The van der Waals surface area contributed by atoms with E-state index >= 15 is 0 Å². The molecule has 1 atom stereocenters. The largest absolute Gasteiger partial charge is 0.451 e. The van der Waals surface area contributed by atoms with E-state index in [4.69, 9.17) is 10.5 Å². The van der Waals surface area contributed by atoms with Crippen molar-refractivity contribution in [3.8, 4) is 0 Å². The van der Waals surface area contributed by atoms with Crippen molar-refractivity contribution in [2.24, 2.45) is 5.92 Å². The normalized spacial score (nSPS) is 12.0. The molecule has 0 radical (unpaired) electrons. The van der Waals surface area contributed by atoms with Crippen LogP contribution in [0.2, 0.25) is 0 Å². The molecule has 1 amide bonds. The number of anilines is 1. The molecule has 1 unspecified atom stereocenters. The van der Waals surface area contributed by atoms with Crippen LogP contribution in [0.4, 0.5) is 5.69 Å². The molecule has 0 saturated heterocycles. The van der Waals surface area contributed by atoms with Gasteiger partial charge < -0.3 is 15.8 Å². The number of nitrogens with one attached hydrogen (secondary N) is 1. The Labute approximate surface area is 112 Å². The number of nitrogens with two attached hydrogens (primary N) is 1. The van der Waals surface area contributed by atoms with Crippen molar-refractivity contribution in [2.75, 3.05) is 12.3 Å². The van der Waals surface area contributed by atoms with Gasteiger partial charge in [0.2, 0.25) is 0 Å². The molecule has 0 aliphatic heterocycles. The van der Waals surface area contributed by atoms with Crippen LogP contribution >= 0.6 is 0 Å². The quantitative estimate of drug-likeness (QED) is 0.774. The van der Waals surface area contributed by atoms with Gasteiger partial charge in [0.25, 0.3) is 5.91 Å². The average Bonchev–Trinajstić information content (AvgIpc) is 2.36. The summed E-state index contributed by atoms with van der Waals surface area (Å²) in [5.41, 5.74) is 6.04. The summed E-state index contributed by atoms with van der Waals surface area (Å²) in [6, 6.07) is 3.03. The first-order chi connectivity index (χ1) is 8.90. The molecule has 0 aromatic carbocycles. The Morgan fingerprint density at radius 2 is 2.05 bits per heavy atom. The number of aromatic nitrogens is 1. The average molecular weight is 265 g/mol. The summed E-state index contributed by atoms with van der Waals surface area (Å²) in [6.07, 6.45) is 1.36. The van der Waals surface area contributed by atoms with Crippen LogP contribution in [0.5, 0.6) is 0 Å². The fraction of sp³-hybridized carbons (Fsp3) is 0.462. The number of hydrogen-bond acceptors (Lipinski definition) is 5. The summed E-state index contributed by atoms with van der Waals surface area (Å²) < 4.78 is 4.86. The topological polar surface area (TPSA) is 94.3 Å². The summed E-state index contributed by atoms with van der Waals surface area (Å²) in [6.45, 7) is 5.57. The van der Waals surface area contributed by atoms with Gasteiger partial charge in [0.05, 0.1) is 11.9 Å². The van der Waals surface area contributed by atoms with Gasteiger partial charge in [0.15, 0.2) is 6.61 Å². The zero-order valence-electron chi connectivity index (χ0n) is 11.3. The summed E-state index contributed by atoms with van der Waals surface area (Å²) >= 11 is 0. The number of pyridine rings is 1. The third-order valence-electron chi connectivity index (χ3n) is 2.72. The standard InChI is InChI=1S/C13H19N3O3/c1-8(2)9(3)16-12(17)7-19-13(18)11-5-4-10(14)6-15-11/h4-6,8-9H,7,14H2,1-3H3,(H,16,17). The number of amides is 1. The number of rotatable bonds is 5. The zero-order chi connectivity index (χ0) is 14.4. The first kappa shape index (κ1) is 14.9. The fourth-order valence-corrected chi connectivity index (χ4v) is 1.19. The van der Waals surface area contributed by atoms with Crippen LogP contribution in [0.1, 0.15) is 31.3 Å². The molecule has 104 valence electrons. The zero-order valence-corrected chi connectivity index (χ0v) is 11.3. The van der Waals surface area contributed by atoms with Crippen LogP contribution in [0.25, 0.3) is 0 Å². The van der Waals surface area contributed by atoms with E-state index < -0.39 is 5.97 Å². The Bertz CT molecular complexity index is 443. The first-order valence-electron chi connectivity index (χ1n) is 6.08. The van der Waals surface area contributed by atoms with Crippen LogP contribution in [0.15, 0.2) is 18.3 Å². The van der Waals surface area contributed by atoms with Crippen LogP contribution < -0.4 is 11.1 Å². The van der Waals surface area contributed by atoms with Crippen LogP contribution in [-0.2, 0) is 9.53 Å². The van der Waals surface area contributed by atoms with Gasteiger partial charge in [0, 0.05) is 6.04 Å². The predicted molar refractivity (Wildman–Crippen MR) is 71.4 cm³/mol. The molecule has 0 saturated carbocycles. The summed E-state index contributed by atoms with van der Waals surface area (Å²) in [4.78, 5) is 26.9. The maximum Gasteiger partial charge on any atom is 0.357 e. The van der Waals surface area contributed by atoms with Gasteiger partial charge in [-0.05, 0) is 25.0 Å². The van der Waals surface area contributed by atoms with E-state index in [9.17, 15) is 9.59 Å². The fourth-order valence-electron chi connectivity index (χ4n) is 1.19. The first-order valence-corrected chi connectivity index (χ1v) is 6.08. The Morgan fingerprint density at radius 3 is 2.58 bits per heavy atom. The van der Waals surface area contributed by atoms with Gasteiger partial charge in [-0.15, -0.1) is 0 Å². The van der Waals surface area contributed by atoms with Gasteiger partial charge in [-0.2, -0.15) is 0 Å². The summed E-state index contributed by atoms with van der Waals surface area (Å²) in [5, 5.41) is 2.74. The monoisotopic (exact) mass is 265 g/mol. The second-order valence-corrected chi connectivity index (χ2v) is 4.65. The van der Waals surface area contributed by atoms with Gasteiger partial charge >= 0.3 is 5.97 Å². The van der Waals surface area contributed by atoms with E-state index in [0.717, 1.165) is 0 Å². The van der Waals surface area contributed by atoms with Crippen molar-refractivity contribution in [3.63, 3.8) is 0 Å². The summed E-state index contributed by atoms with van der Waals surface area (Å²) in [7, 11) is 0. The van der Waals surface area contributed by atoms with Crippen molar-refractivity contribution >= 4 is 17.6 Å². The maximum atomic E-state index is 11.6. The summed E-state index contributed by atoms with van der Waals surface area (Å²) in [5.74, 6) is -0.657. The SMILES string of the molecule is CC(C)C(C)NC(=O)COC(=O)c1ccc(N)cn1. The molecule has 1 aromatic heterocycles. The van der Waals surface area contributed by atoms with E-state index in [1.54, 1.807) is 6.07 Å². The molecule has 1 aromatic rings. The van der Waals surface area contributed by atoms with E-state index in [1.165, 1.54) is 12.3 Å². The lowest BCUT2D eigenvalue weighted by Crippen LogP contribution is -2.38. The molecule has 0 fully saturated rings. The highest BCUT2D eigenvalue weighted by molar-refractivity contribution is 5.89. The Hall–Kier alpha value is -2.11. The highest BCUT2D eigenvalue weighted by Crippen LogP contribution is 2.03. The lowest BCUT2D eigenvalue weighted by Gasteiger charge is -2.17. The maximum absolute atomic E-state index is 11.6. The number of carbonyl (C=O) groups excluding carboxylic acids is 2. The highest BCUT2D eigenvalue weighted by atomic mass is 16.5. The number of nitrogen functional groups attached to an aromatic ring is 1. The third kappa shape index (κ3) is 4.95. The molecule has 0 bridgehead atoms. The number of hydrogen-bond donors (Lipinski definition) is 2. The Kier molecular flexibility index (Phi) is 5.29. The van der Waals surface area contributed by atoms with Gasteiger partial charge in [0.1, 0.15) is 5.69 Å². The van der Waals surface area contributed by atoms with Crippen molar-refractivity contribution in [1.82, 2.24) is 10.3 Å². The number of ether oxygens (including phenoxy) is 1. The minimum atomic E-state index is -0.646. The van der Waals surface area contributed by atoms with E-state index in [0.29, 0.717) is 11.6 Å². The molecule has 1 rings (SSSR count). The third-order valence-corrected chi connectivity index (χ3v) is 2.72. The van der Waals surface area contributed by atoms with Crippen LogP contribution in [0, 0.1) is 5.92 Å². The minimum Gasteiger partial charge on any atom is -0.451 e. The van der Waals surface area contributed by atoms with Crippen molar-refractivity contribution in [1.29, 1.82) is 0 Å². The molecular formula is C13H19N3O3. The lowest BCUT2D eigenvalue weighted by molar-refractivity contribution is -0.125. The molecule has 1 heterocycles. The second kappa shape index (κ2) is 6.72. The molecule has 19 heavy (non-hydrogen) atoms.